The third-order valence-corrected chi connectivity index (χ3v) is 3.99. The minimum Gasteiger partial charge on any atom is -0.268 e. The van der Waals surface area contributed by atoms with Crippen molar-refractivity contribution in [3.05, 3.63) is 82.4 Å². The summed E-state index contributed by atoms with van der Waals surface area (Å²) in [4.78, 5) is 27.2. The minimum atomic E-state index is -0.562. The highest BCUT2D eigenvalue weighted by Gasteiger charge is 2.18. The maximum Gasteiger partial charge on any atom is 0.291 e. The van der Waals surface area contributed by atoms with Crippen molar-refractivity contribution in [2.45, 2.75) is 6.92 Å². The fourth-order valence-corrected chi connectivity index (χ4v) is 2.65. The number of nitrogens with zero attached hydrogens (tertiary/aromatic N) is 7. The summed E-state index contributed by atoms with van der Waals surface area (Å²) in [7, 11) is 0. The summed E-state index contributed by atoms with van der Waals surface area (Å²) >= 11 is 0. The number of carbonyl (C=O) groups is 1. The molecule has 0 unspecified atom stereocenters. The van der Waals surface area contributed by atoms with Crippen LogP contribution in [0.5, 0.6) is 0 Å². The van der Waals surface area contributed by atoms with Gasteiger partial charge in [0.05, 0.1) is 23.2 Å². The molecule has 0 radical (unpaired) electrons. The number of aryl methyl sites for hydroxylation is 1. The van der Waals surface area contributed by atoms with Crippen molar-refractivity contribution >= 4 is 12.1 Å². The number of carbonyl (C=O) groups excluding carboxylic acids is 1. The predicted octanol–water partition coefficient (Wildman–Crippen LogP) is 0.609. The molecule has 0 aliphatic carbocycles. The van der Waals surface area contributed by atoms with Crippen LogP contribution in [-0.4, -0.2) is 46.9 Å². The van der Waals surface area contributed by atoms with Gasteiger partial charge in [0.25, 0.3) is 11.5 Å². The molecule has 0 saturated carbocycles. The van der Waals surface area contributed by atoms with E-state index in [1.165, 1.54) is 24.7 Å². The van der Waals surface area contributed by atoms with Gasteiger partial charge in [0.1, 0.15) is 12.7 Å². The van der Waals surface area contributed by atoms with Crippen molar-refractivity contribution in [2.75, 3.05) is 0 Å². The van der Waals surface area contributed by atoms with Crippen LogP contribution in [-0.2, 0) is 0 Å². The lowest BCUT2D eigenvalue weighted by molar-refractivity contribution is 0.0949. The SMILES string of the molecule is Cc1nn(-c2ccccc2)c(-n2cncn2)c1C=NNC(=O)c1ccc(=O)[nH]n1. The van der Waals surface area contributed by atoms with Crippen LogP contribution in [0.15, 0.2) is 65.0 Å². The molecule has 0 atom stereocenters. The highest BCUT2D eigenvalue weighted by molar-refractivity contribution is 5.93. The number of hydrazone groups is 1. The Balaban J connectivity index is 1.67. The first-order chi connectivity index (χ1) is 14.1. The Morgan fingerprint density at radius 3 is 2.72 bits per heavy atom. The zero-order chi connectivity index (χ0) is 20.2. The molecule has 29 heavy (non-hydrogen) atoms. The number of aromatic nitrogens is 7. The summed E-state index contributed by atoms with van der Waals surface area (Å²) in [6, 6.07) is 12.1. The summed E-state index contributed by atoms with van der Waals surface area (Å²) in [5.41, 5.74) is 4.18. The Kier molecular flexibility index (Phi) is 4.76. The molecule has 0 spiro atoms. The van der Waals surface area contributed by atoms with E-state index >= 15 is 0 Å². The Morgan fingerprint density at radius 1 is 1.21 bits per heavy atom. The van der Waals surface area contributed by atoms with Gasteiger partial charge in [-0.25, -0.2) is 24.9 Å². The Bertz CT molecular complexity index is 1200. The zero-order valence-corrected chi connectivity index (χ0v) is 15.2. The first-order valence-electron chi connectivity index (χ1n) is 8.52. The van der Waals surface area contributed by atoms with Crippen LogP contribution in [0.3, 0.4) is 0 Å². The molecular formula is C18H15N9O2. The van der Waals surface area contributed by atoms with Gasteiger partial charge in [-0.1, -0.05) is 18.2 Å². The van der Waals surface area contributed by atoms with Crippen LogP contribution in [0.4, 0.5) is 0 Å². The second-order valence-electron chi connectivity index (χ2n) is 5.92. The monoisotopic (exact) mass is 389 g/mol. The van der Waals surface area contributed by atoms with Gasteiger partial charge < -0.3 is 0 Å². The Labute approximate surface area is 163 Å². The van der Waals surface area contributed by atoms with Gasteiger partial charge in [-0.3, -0.25) is 9.59 Å². The van der Waals surface area contributed by atoms with Gasteiger partial charge in [-0.15, -0.1) is 0 Å². The molecule has 0 saturated heterocycles. The molecule has 11 nitrogen and oxygen atoms in total. The maximum absolute atomic E-state index is 12.1. The molecule has 3 aromatic heterocycles. The number of rotatable bonds is 5. The first-order valence-corrected chi connectivity index (χ1v) is 8.52. The standard InChI is InChI=1S/C18H15N9O2/c1-12-14(9-20-24-17(29)15-7-8-16(28)23-22-15)18(26-11-19-10-21-26)27(25-12)13-5-3-2-4-6-13/h2-11H,1H3,(H,23,28)(H,24,29). The largest absolute Gasteiger partial charge is 0.291 e. The van der Waals surface area contributed by atoms with E-state index in [1.54, 1.807) is 15.7 Å². The van der Waals surface area contributed by atoms with E-state index in [4.69, 9.17) is 0 Å². The fraction of sp³-hybridized carbons (Fsp3) is 0.0556. The molecular weight excluding hydrogens is 374 g/mol. The van der Waals surface area contributed by atoms with Gasteiger partial charge in [0, 0.05) is 6.07 Å². The third-order valence-electron chi connectivity index (χ3n) is 3.99. The molecule has 0 aliphatic rings. The summed E-state index contributed by atoms with van der Waals surface area (Å²) < 4.78 is 3.29. The average Bonchev–Trinajstić information content (AvgIpc) is 3.37. The van der Waals surface area contributed by atoms with Crippen LogP contribution < -0.4 is 11.0 Å². The lowest BCUT2D eigenvalue weighted by atomic mass is 10.2. The van der Waals surface area contributed by atoms with Gasteiger partial charge in [0.2, 0.25) is 0 Å². The van der Waals surface area contributed by atoms with Crippen molar-refractivity contribution < 1.29 is 4.79 Å². The summed E-state index contributed by atoms with van der Waals surface area (Å²) in [6.07, 6.45) is 4.45. The number of H-pyrrole nitrogens is 1. The first kappa shape index (κ1) is 18.0. The molecule has 1 amide bonds. The Hall–Kier alpha value is -4.41. The number of aromatic amines is 1. The molecule has 4 aromatic rings. The van der Waals surface area contributed by atoms with Crippen LogP contribution in [0.1, 0.15) is 21.7 Å². The molecule has 144 valence electrons. The molecule has 0 aliphatic heterocycles. The smallest absolute Gasteiger partial charge is 0.268 e. The van der Waals surface area contributed by atoms with Crippen LogP contribution in [0.25, 0.3) is 11.5 Å². The summed E-state index contributed by atoms with van der Waals surface area (Å²) in [5.74, 6) is 0.0549. The van der Waals surface area contributed by atoms with Crippen molar-refractivity contribution in [1.82, 2.24) is 40.2 Å². The van der Waals surface area contributed by atoms with Gasteiger partial charge in [0.15, 0.2) is 11.5 Å². The molecule has 0 bridgehead atoms. The van der Waals surface area contributed by atoms with E-state index < -0.39 is 11.5 Å². The normalized spacial score (nSPS) is 11.1. The predicted molar refractivity (Wildman–Crippen MR) is 103 cm³/mol. The minimum absolute atomic E-state index is 0.0370. The second kappa shape index (κ2) is 7.68. The van der Waals surface area contributed by atoms with E-state index in [2.05, 4.69) is 35.9 Å². The number of amides is 1. The van der Waals surface area contributed by atoms with E-state index in [-0.39, 0.29) is 5.69 Å². The van der Waals surface area contributed by atoms with E-state index in [0.717, 1.165) is 5.69 Å². The maximum atomic E-state index is 12.1. The van der Waals surface area contributed by atoms with Gasteiger partial charge >= 0.3 is 0 Å². The highest BCUT2D eigenvalue weighted by Crippen LogP contribution is 2.20. The number of hydrogen-bond donors (Lipinski definition) is 2. The van der Waals surface area contributed by atoms with Crippen molar-refractivity contribution in [3.63, 3.8) is 0 Å². The number of para-hydroxylation sites is 1. The average molecular weight is 389 g/mol. The highest BCUT2D eigenvalue weighted by atomic mass is 16.2. The van der Waals surface area contributed by atoms with Crippen LogP contribution in [0, 0.1) is 6.92 Å². The number of hydrogen-bond acceptors (Lipinski definition) is 7. The number of nitrogens with one attached hydrogen (secondary N) is 2. The van der Waals surface area contributed by atoms with Crippen molar-refractivity contribution in [1.29, 1.82) is 0 Å². The fourth-order valence-electron chi connectivity index (χ4n) is 2.65. The zero-order valence-electron chi connectivity index (χ0n) is 15.2. The lowest BCUT2D eigenvalue weighted by Crippen LogP contribution is -2.21. The second-order valence-corrected chi connectivity index (χ2v) is 5.92. The molecule has 0 fully saturated rings. The van der Waals surface area contributed by atoms with Crippen LogP contribution in [0.2, 0.25) is 0 Å². The van der Waals surface area contributed by atoms with E-state index in [0.29, 0.717) is 17.1 Å². The van der Waals surface area contributed by atoms with Crippen molar-refractivity contribution in [2.24, 2.45) is 5.10 Å². The summed E-state index contributed by atoms with van der Waals surface area (Å²) in [5, 5.41) is 18.6. The topological polar surface area (TPSA) is 136 Å². The van der Waals surface area contributed by atoms with E-state index in [9.17, 15) is 9.59 Å². The van der Waals surface area contributed by atoms with Crippen LogP contribution >= 0.6 is 0 Å². The molecule has 3 heterocycles. The molecule has 4 rings (SSSR count). The Morgan fingerprint density at radius 2 is 2.03 bits per heavy atom. The molecule has 11 heteroatoms. The molecule has 2 N–H and O–H groups in total. The number of benzene rings is 1. The quantitative estimate of drug-likeness (QED) is 0.379. The van der Waals surface area contributed by atoms with Gasteiger partial charge in [-0.05, 0) is 25.1 Å². The lowest BCUT2D eigenvalue weighted by Gasteiger charge is -2.07. The third kappa shape index (κ3) is 3.69. The summed E-state index contributed by atoms with van der Waals surface area (Å²) in [6.45, 7) is 1.83. The molecule has 1 aromatic carbocycles. The van der Waals surface area contributed by atoms with Crippen molar-refractivity contribution in [3.8, 4) is 11.5 Å². The van der Waals surface area contributed by atoms with Gasteiger partial charge in [-0.2, -0.15) is 20.4 Å². The van der Waals surface area contributed by atoms with E-state index in [1.807, 2.05) is 37.3 Å².